The fourth-order valence-electron chi connectivity index (χ4n) is 2.65. The molecule has 2 heterocycles. The van der Waals surface area contributed by atoms with Crippen molar-refractivity contribution < 1.29 is 9.26 Å². The molecule has 0 amide bonds. The molecule has 0 spiro atoms. The summed E-state index contributed by atoms with van der Waals surface area (Å²) in [6.07, 6.45) is 0. The van der Waals surface area contributed by atoms with Crippen LogP contribution in [-0.4, -0.2) is 24.9 Å². The van der Waals surface area contributed by atoms with Gasteiger partial charge in [-0.15, -0.1) is 10.2 Å². The van der Waals surface area contributed by atoms with E-state index in [9.17, 15) is 0 Å². The van der Waals surface area contributed by atoms with Gasteiger partial charge in [-0.2, -0.15) is 4.98 Å². The van der Waals surface area contributed by atoms with Crippen molar-refractivity contribution in [1.82, 2.24) is 24.9 Å². The number of ether oxygens (including phenoxy) is 1. The minimum atomic E-state index is 0.309. The highest BCUT2D eigenvalue weighted by Gasteiger charge is 2.14. The first kappa shape index (κ1) is 19.5. The number of hydrogen-bond acceptors (Lipinski definition) is 7. The smallest absolute Gasteiger partial charge is 0.237 e. The van der Waals surface area contributed by atoms with Gasteiger partial charge < -0.3 is 13.8 Å². The Hall–Kier alpha value is -2.84. The first-order valence-corrected chi connectivity index (χ1v) is 10.2. The molecular weight excluding hydrogens is 410 g/mol. The van der Waals surface area contributed by atoms with Gasteiger partial charge in [-0.25, -0.2) is 0 Å². The molecule has 0 saturated carbocycles. The Labute approximate surface area is 177 Å². The Morgan fingerprint density at radius 1 is 1.10 bits per heavy atom. The summed E-state index contributed by atoms with van der Waals surface area (Å²) < 4.78 is 13.0. The Balaban J connectivity index is 1.37. The summed E-state index contributed by atoms with van der Waals surface area (Å²) in [5, 5.41) is 13.9. The van der Waals surface area contributed by atoms with E-state index in [1.165, 1.54) is 11.8 Å². The van der Waals surface area contributed by atoms with E-state index in [1.54, 1.807) is 12.1 Å². The third kappa shape index (κ3) is 4.60. The van der Waals surface area contributed by atoms with Crippen LogP contribution in [-0.2, 0) is 19.4 Å². The molecule has 0 N–H and O–H groups in total. The molecule has 9 heteroatoms. The van der Waals surface area contributed by atoms with Crippen molar-refractivity contribution in [3.05, 3.63) is 70.8 Å². The molecule has 7 nitrogen and oxygen atoms in total. The molecule has 4 rings (SSSR count). The zero-order valence-corrected chi connectivity index (χ0v) is 17.4. The van der Waals surface area contributed by atoms with Crippen LogP contribution in [0.25, 0.3) is 11.4 Å². The molecule has 0 aliphatic heterocycles. The first-order valence-electron chi connectivity index (χ1n) is 8.88. The molecule has 0 bridgehead atoms. The molecule has 0 unspecified atom stereocenters. The molecule has 2 aromatic carbocycles. The van der Waals surface area contributed by atoms with E-state index in [4.69, 9.17) is 20.9 Å². The summed E-state index contributed by atoms with van der Waals surface area (Å²) >= 11 is 7.36. The fourth-order valence-corrected chi connectivity index (χ4v) is 3.54. The van der Waals surface area contributed by atoms with Crippen LogP contribution >= 0.6 is 23.4 Å². The summed E-state index contributed by atoms with van der Waals surface area (Å²) in [5.41, 5.74) is 2.07. The van der Waals surface area contributed by atoms with Crippen molar-refractivity contribution in [2.45, 2.75) is 24.4 Å². The summed E-state index contributed by atoms with van der Waals surface area (Å²) in [5.74, 6) is 3.07. The van der Waals surface area contributed by atoms with Crippen LogP contribution in [0.15, 0.2) is 58.2 Å². The molecule has 0 fully saturated rings. The number of rotatable bonds is 7. The number of aryl methyl sites for hydroxylation is 1. The van der Waals surface area contributed by atoms with Crippen molar-refractivity contribution in [3.63, 3.8) is 0 Å². The van der Waals surface area contributed by atoms with Gasteiger partial charge in [0.25, 0.3) is 0 Å². The van der Waals surface area contributed by atoms with Gasteiger partial charge in [-0.1, -0.05) is 52.8 Å². The molecule has 2 aromatic heterocycles. The molecule has 0 atom stereocenters. The van der Waals surface area contributed by atoms with Gasteiger partial charge in [-0.3, -0.25) is 0 Å². The van der Waals surface area contributed by atoms with Gasteiger partial charge in [0, 0.05) is 17.6 Å². The van der Waals surface area contributed by atoms with E-state index in [1.807, 2.05) is 54.9 Å². The van der Waals surface area contributed by atoms with Crippen LogP contribution in [0.5, 0.6) is 5.75 Å². The maximum atomic E-state index is 5.88. The van der Waals surface area contributed by atoms with Gasteiger partial charge >= 0.3 is 0 Å². The largest absolute Gasteiger partial charge is 0.486 e. The third-order valence-electron chi connectivity index (χ3n) is 4.29. The first-order chi connectivity index (χ1) is 14.1. The molecule has 0 saturated heterocycles. The Kier molecular flexibility index (Phi) is 5.82. The van der Waals surface area contributed by atoms with Gasteiger partial charge in [0.1, 0.15) is 12.4 Å². The van der Waals surface area contributed by atoms with E-state index in [0.717, 1.165) is 22.0 Å². The van der Waals surface area contributed by atoms with Crippen molar-refractivity contribution in [1.29, 1.82) is 0 Å². The average Bonchev–Trinajstić information content (AvgIpc) is 3.33. The molecule has 29 heavy (non-hydrogen) atoms. The molecule has 0 aliphatic rings. The molecule has 4 aromatic rings. The lowest BCUT2D eigenvalue weighted by atomic mass is 10.1. The van der Waals surface area contributed by atoms with E-state index in [-0.39, 0.29) is 0 Å². The average molecular weight is 428 g/mol. The second-order valence-electron chi connectivity index (χ2n) is 6.32. The van der Waals surface area contributed by atoms with Gasteiger partial charge in [-0.05, 0) is 36.8 Å². The lowest BCUT2D eigenvalue weighted by molar-refractivity contribution is 0.290. The maximum Gasteiger partial charge on any atom is 0.237 e. The van der Waals surface area contributed by atoms with E-state index in [0.29, 0.717) is 34.9 Å². The highest BCUT2D eigenvalue weighted by Crippen LogP contribution is 2.24. The van der Waals surface area contributed by atoms with Crippen LogP contribution in [0.2, 0.25) is 5.02 Å². The number of hydrogen-bond donors (Lipinski definition) is 0. The van der Waals surface area contributed by atoms with Gasteiger partial charge in [0.05, 0.1) is 5.75 Å². The Bertz CT molecular complexity index is 1110. The van der Waals surface area contributed by atoms with Crippen LogP contribution in [0.3, 0.4) is 0 Å². The van der Waals surface area contributed by atoms with Crippen molar-refractivity contribution >= 4 is 23.4 Å². The second kappa shape index (κ2) is 8.67. The number of halogens is 1. The zero-order chi connectivity index (χ0) is 20.2. The number of benzene rings is 2. The van der Waals surface area contributed by atoms with E-state index >= 15 is 0 Å². The maximum absolute atomic E-state index is 5.88. The molecule has 0 radical (unpaired) electrons. The second-order valence-corrected chi connectivity index (χ2v) is 7.69. The summed E-state index contributed by atoms with van der Waals surface area (Å²) in [4.78, 5) is 4.48. The summed E-state index contributed by atoms with van der Waals surface area (Å²) in [6.45, 7) is 2.33. The predicted octanol–water partition coefficient (Wildman–Crippen LogP) is 4.70. The fraction of sp³-hybridized carbons (Fsp3) is 0.200. The number of nitrogens with zero attached hydrogens (tertiary/aromatic N) is 5. The number of thioether (sulfide) groups is 1. The SMILES string of the molecule is Cc1ccccc1-c1noc(CSc2nnc(COc3ccc(Cl)cc3)n2C)n1. The predicted molar refractivity (Wildman–Crippen MR) is 111 cm³/mol. The minimum absolute atomic E-state index is 0.309. The zero-order valence-electron chi connectivity index (χ0n) is 15.9. The van der Waals surface area contributed by atoms with Crippen LogP contribution < -0.4 is 4.74 Å². The highest BCUT2D eigenvalue weighted by atomic mass is 35.5. The summed E-state index contributed by atoms with van der Waals surface area (Å²) in [6, 6.07) is 15.1. The normalized spacial score (nSPS) is 11.0. The standard InChI is InChI=1S/C20H18ClN5O2S/c1-13-5-3-4-6-16(13)19-22-18(28-25-19)12-29-20-24-23-17(26(20)2)11-27-15-9-7-14(21)8-10-15/h3-10H,11-12H2,1-2H3. The topological polar surface area (TPSA) is 78.9 Å². The van der Waals surface area contributed by atoms with Crippen molar-refractivity contribution in [2.24, 2.45) is 7.05 Å². The molecule has 148 valence electrons. The molecular formula is C20H18ClN5O2S. The number of aromatic nitrogens is 5. The van der Waals surface area contributed by atoms with Gasteiger partial charge in [0.2, 0.25) is 11.7 Å². The van der Waals surface area contributed by atoms with Crippen LogP contribution in [0.4, 0.5) is 0 Å². The minimum Gasteiger partial charge on any atom is -0.486 e. The lowest BCUT2D eigenvalue weighted by Crippen LogP contribution is -2.04. The third-order valence-corrected chi connectivity index (χ3v) is 5.54. The lowest BCUT2D eigenvalue weighted by Gasteiger charge is -2.06. The quantitative estimate of drug-likeness (QED) is 0.395. The highest BCUT2D eigenvalue weighted by molar-refractivity contribution is 7.98. The Morgan fingerprint density at radius 3 is 2.69 bits per heavy atom. The van der Waals surface area contributed by atoms with Crippen molar-refractivity contribution in [3.8, 4) is 17.1 Å². The van der Waals surface area contributed by atoms with Crippen LogP contribution in [0, 0.1) is 6.92 Å². The molecule has 0 aliphatic carbocycles. The van der Waals surface area contributed by atoms with Crippen LogP contribution in [0.1, 0.15) is 17.3 Å². The van der Waals surface area contributed by atoms with E-state index in [2.05, 4.69) is 20.3 Å². The Morgan fingerprint density at radius 2 is 1.90 bits per heavy atom. The van der Waals surface area contributed by atoms with Gasteiger partial charge in [0.15, 0.2) is 11.0 Å². The van der Waals surface area contributed by atoms with E-state index < -0.39 is 0 Å². The van der Waals surface area contributed by atoms with Crippen molar-refractivity contribution in [2.75, 3.05) is 0 Å². The monoisotopic (exact) mass is 427 g/mol. The summed E-state index contributed by atoms with van der Waals surface area (Å²) in [7, 11) is 1.90.